The Hall–Kier alpha value is -1.96. The van der Waals surface area contributed by atoms with Crippen LogP contribution in [-0.2, 0) is 0 Å². The number of anilines is 1. The number of hydrogen-bond donors (Lipinski definition) is 3. The van der Waals surface area contributed by atoms with Gasteiger partial charge < -0.3 is 10.8 Å². The van der Waals surface area contributed by atoms with E-state index in [1.165, 1.54) is 11.2 Å². The average molecular weight is 245 g/mol. The van der Waals surface area contributed by atoms with Gasteiger partial charge in [-0.2, -0.15) is 0 Å². The third kappa shape index (κ3) is 4.50. The van der Waals surface area contributed by atoms with E-state index in [0.717, 1.165) is 11.3 Å². The molecule has 4 nitrogen and oxygen atoms in total. The molecule has 0 aliphatic carbocycles. The standard InChI is InChI=1S/C14H19N3O/c1-11(2)3-4-12-5-7-14(8-6-12)17(16)9-13(15)10-18/h5-9,11,18H,10,15-16H2,1-2H3/b13-9-. The van der Waals surface area contributed by atoms with Gasteiger partial charge in [0.25, 0.3) is 0 Å². The van der Waals surface area contributed by atoms with Gasteiger partial charge in [-0.05, 0) is 24.3 Å². The predicted octanol–water partition coefficient (Wildman–Crippen LogP) is 1.17. The van der Waals surface area contributed by atoms with Crippen LogP contribution in [0, 0.1) is 17.8 Å². The molecule has 5 N–H and O–H groups in total. The Morgan fingerprint density at radius 3 is 2.50 bits per heavy atom. The number of aliphatic hydroxyl groups is 1. The molecule has 0 bridgehead atoms. The van der Waals surface area contributed by atoms with Crippen molar-refractivity contribution in [3.63, 3.8) is 0 Å². The first-order chi connectivity index (χ1) is 8.52. The van der Waals surface area contributed by atoms with Crippen molar-refractivity contribution in [2.24, 2.45) is 17.5 Å². The fourth-order valence-electron chi connectivity index (χ4n) is 1.24. The SMILES string of the molecule is CC(C)C#Cc1ccc(N(N)/C=C(\N)CO)cc1. The van der Waals surface area contributed by atoms with Gasteiger partial charge in [-0.25, -0.2) is 5.84 Å². The molecule has 0 heterocycles. The molecule has 4 heteroatoms. The van der Waals surface area contributed by atoms with E-state index in [9.17, 15) is 0 Å². The fraction of sp³-hybridized carbons (Fsp3) is 0.286. The lowest BCUT2D eigenvalue weighted by atomic mass is 10.1. The fourth-order valence-corrected chi connectivity index (χ4v) is 1.24. The van der Waals surface area contributed by atoms with Crippen LogP contribution in [0.2, 0.25) is 0 Å². The molecule has 0 unspecified atom stereocenters. The zero-order chi connectivity index (χ0) is 13.5. The average Bonchev–Trinajstić information content (AvgIpc) is 2.36. The Kier molecular flexibility index (Phi) is 5.25. The Labute approximate surface area is 108 Å². The van der Waals surface area contributed by atoms with Crippen LogP contribution in [0.25, 0.3) is 0 Å². The van der Waals surface area contributed by atoms with Crippen molar-refractivity contribution in [2.45, 2.75) is 13.8 Å². The summed E-state index contributed by atoms with van der Waals surface area (Å²) in [6.45, 7) is 3.88. The topological polar surface area (TPSA) is 75.5 Å². The second-order valence-corrected chi connectivity index (χ2v) is 4.24. The minimum atomic E-state index is -0.217. The van der Waals surface area contributed by atoms with E-state index in [1.54, 1.807) is 0 Å². The second kappa shape index (κ2) is 6.70. The van der Waals surface area contributed by atoms with Crippen LogP contribution in [0.3, 0.4) is 0 Å². The van der Waals surface area contributed by atoms with Gasteiger partial charge in [0.1, 0.15) is 0 Å². The van der Waals surface area contributed by atoms with Gasteiger partial charge >= 0.3 is 0 Å². The highest BCUT2D eigenvalue weighted by molar-refractivity contribution is 5.51. The number of hydrazine groups is 1. The first-order valence-corrected chi connectivity index (χ1v) is 5.75. The smallest absolute Gasteiger partial charge is 0.0840 e. The van der Waals surface area contributed by atoms with E-state index in [-0.39, 0.29) is 6.61 Å². The van der Waals surface area contributed by atoms with Crippen LogP contribution in [0.5, 0.6) is 0 Å². The summed E-state index contributed by atoms with van der Waals surface area (Å²) in [6.07, 6.45) is 1.48. The molecule has 0 saturated carbocycles. The third-order valence-corrected chi connectivity index (χ3v) is 2.16. The molecule has 0 atom stereocenters. The molecule has 0 fully saturated rings. The van der Waals surface area contributed by atoms with Crippen LogP contribution >= 0.6 is 0 Å². The lowest BCUT2D eigenvalue weighted by molar-refractivity contribution is 0.329. The number of nitrogens with two attached hydrogens (primary N) is 2. The van der Waals surface area contributed by atoms with E-state index in [4.69, 9.17) is 16.7 Å². The number of hydrogen-bond acceptors (Lipinski definition) is 4. The van der Waals surface area contributed by atoms with Gasteiger partial charge in [0.05, 0.1) is 18.0 Å². The zero-order valence-corrected chi connectivity index (χ0v) is 10.7. The zero-order valence-electron chi connectivity index (χ0n) is 10.7. The number of benzene rings is 1. The molecule has 1 aromatic carbocycles. The Bertz CT molecular complexity index is 466. The van der Waals surface area contributed by atoms with E-state index < -0.39 is 0 Å². The van der Waals surface area contributed by atoms with Gasteiger partial charge in [0.15, 0.2) is 0 Å². The van der Waals surface area contributed by atoms with Crippen molar-refractivity contribution < 1.29 is 5.11 Å². The van der Waals surface area contributed by atoms with E-state index >= 15 is 0 Å². The summed E-state index contributed by atoms with van der Waals surface area (Å²) in [6, 6.07) is 7.50. The first kappa shape index (κ1) is 14.1. The molecule has 0 saturated heterocycles. The maximum atomic E-state index is 8.80. The molecular weight excluding hydrogens is 226 g/mol. The summed E-state index contributed by atoms with van der Waals surface area (Å²) in [7, 11) is 0. The number of aliphatic hydroxyl groups excluding tert-OH is 1. The van der Waals surface area contributed by atoms with Crippen LogP contribution in [-0.4, -0.2) is 11.7 Å². The van der Waals surface area contributed by atoms with Crippen LogP contribution in [0.15, 0.2) is 36.2 Å². The lowest BCUT2D eigenvalue weighted by Gasteiger charge is -2.14. The summed E-state index contributed by atoms with van der Waals surface area (Å²) in [5, 5.41) is 10.2. The first-order valence-electron chi connectivity index (χ1n) is 5.75. The van der Waals surface area contributed by atoms with E-state index in [1.807, 2.05) is 38.1 Å². The van der Waals surface area contributed by atoms with Crippen molar-refractivity contribution in [1.29, 1.82) is 0 Å². The molecule has 0 radical (unpaired) electrons. The molecule has 0 aromatic heterocycles. The largest absolute Gasteiger partial charge is 0.399 e. The Balaban J connectivity index is 2.81. The molecule has 0 aliphatic heterocycles. The van der Waals surface area contributed by atoms with Gasteiger partial charge in [0.2, 0.25) is 0 Å². The van der Waals surface area contributed by atoms with Gasteiger partial charge in [0, 0.05) is 17.7 Å². The van der Waals surface area contributed by atoms with Gasteiger partial charge in [-0.3, -0.25) is 5.01 Å². The molecule has 0 aliphatic rings. The van der Waals surface area contributed by atoms with Crippen molar-refractivity contribution in [2.75, 3.05) is 11.6 Å². The Morgan fingerprint density at radius 1 is 1.39 bits per heavy atom. The second-order valence-electron chi connectivity index (χ2n) is 4.24. The van der Waals surface area contributed by atoms with Crippen molar-refractivity contribution >= 4 is 5.69 Å². The summed E-state index contributed by atoms with van der Waals surface area (Å²) in [4.78, 5) is 0. The summed E-state index contributed by atoms with van der Waals surface area (Å²) < 4.78 is 0. The van der Waals surface area contributed by atoms with Crippen molar-refractivity contribution in [3.8, 4) is 11.8 Å². The van der Waals surface area contributed by atoms with Gasteiger partial charge in [-0.1, -0.05) is 25.7 Å². The van der Waals surface area contributed by atoms with Crippen LogP contribution < -0.4 is 16.6 Å². The normalized spacial score (nSPS) is 11.1. The third-order valence-electron chi connectivity index (χ3n) is 2.16. The maximum absolute atomic E-state index is 8.80. The molecule has 0 spiro atoms. The summed E-state index contributed by atoms with van der Waals surface area (Å²) >= 11 is 0. The van der Waals surface area contributed by atoms with Crippen molar-refractivity contribution in [3.05, 3.63) is 41.7 Å². The highest BCUT2D eigenvalue weighted by atomic mass is 16.3. The quantitative estimate of drug-likeness (QED) is 0.424. The number of nitrogens with zero attached hydrogens (tertiary/aromatic N) is 1. The molecule has 0 amide bonds. The molecule has 1 aromatic rings. The summed E-state index contributed by atoms with van der Waals surface area (Å²) in [5.74, 6) is 12.3. The van der Waals surface area contributed by atoms with Crippen LogP contribution in [0.1, 0.15) is 19.4 Å². The van der Waals surface area contributed by atoms with E-state index in [2.05, 4.69) is 11.8 Å². The number of rotatable bonds is 3. The highest BCUT2D eigenvalue weighted by Crippen LogP contribution is 2.12. The monoisotopic (exact) mass is 245 g/mol. The Morgan fingerprint density at radius 2 is 2.00 bits per heavy atom. The van der Waals surface area contributed by atoms with Gasteiger partial charge in [-0.15, -0.1) is 0 Å². The minimum Gasteiger partial charge on any atom is -0.399 e. The van der Waals surface area contributed by atoms with Crippen LogP contribution in [0.4, 0.5) is 5.69 Å². The molecule has 18 heavy (non-hydrogen) atoms. The van der Waals surface area contributed by atoms with E-state index in [0.29, 0.717) is 11.6 Å². The minimum absolute atomic E-state index is 0.217. The molecular formula is C14H19N3O. The van der Waals surface area contributed by atoms with Crippen molar-refractivity contribution in [1.82, 2.24) is 0 Å². The summed E-state index contributed by atoms with van der Waals surface area (Å²) in [5.41, 5.74) is 7.52. The predicted molar refractivity (Wildman–Crippen MR) is 74.2 cm³/mol. The highest BCUT2D eigenvalue weighted by Gasteiger charge is 1.99. The maximum Gasteiger partial charge on any atom is 0.0840 e. The molecule has 96 valence electrons. The lowest BCUT2D eigenvalue weighted by Crippen LogP contribution is -2.26. The molecule has 1 rings (SSSR count).